The number of nitrogens with one attached hydrogen (secondary N) is 2. The first kappa shape index (κ1) is 19.5. The molecule has 0 radical (unpaired) electrons. The van der Waals surface area contributed by atoms with E-state index in [1.807, 2.05) is 0 Å². The summed E-state index contributed by atoms with van der Waals surface area (Å²) < 4.78 is 39.6. The molecular weight excluding hydrogens is 407 g/mol. The number of rotatable bonds is 4. The number of phenolic OH excluding ortho intramolecular Hbond substituents is 1. The summed E-state index contributed by atoms with van der Waals surface area (Å²) in [5.74, 6) is -1.77. The van der Waals surface area contributed by atoms with Crippen LogP contribution in [0.2, 0.25) is 0 Å². The van der Waals surface area contributed by atoms with Gasteiger partial charge in [-0.15, -0.1) is 0 Å². The van der Waals surface area contributed by atoms with Crippen molar-refractivity contribution in [3.63, 3.8) is 0 Å². The lowest BCUT2D eigenvalue weighted by Gasteiger charge is -2.12. The molecule has 3 N–H and O–H groups in total. The number of aromatic hydroxyl groups is 1. The van der Waals surface area contributed by atoms with E-state index in [0.29, 0.717) is 11.9 Å². The Balaban J connectivity index is 1.88. The minimum Gasteiger partial charge on any atom is -0.508 e. The molecule has 144 valence electrons. The largest absolute Gasteiger partial charge is 0.508 e. The van der Waals surface area contributed by atoms with Crippen LogP contribution in [0.1, 0.15) is 0 Å². The van der Waals surface area contributed by atoms with Crippen molar-refractivity contribution in [2.45, 2.75) is 4.90 Å². The van der Waals surface area contributed by atoms with Gasteiger partial charge in [0.25, 0.3) is 10.0 Å². The molecule has 0 unspecified atom stereocenters. The van der Waals surface area contributed by atoms with E-state index >= 15 is 0 Å². The number of aromatic nitrogens is 2. The Morgan fingerprint density at radius 1 is 1.07 bits per heavy atom. The molecule has 0 fully saturated rings. The van der Waals surface area contributed by atoms with E-state index in [1.165, 1.54) is 0 Å². The van der Waals surface area contributed by atoms with E-state index in [4.69, 9.17) is 12.2 Å². The Morgan fingerprint density at radius 2 is 1.71 bits per heavy atom. The second kappa shape index (κ2) is 7.74. The summed E-state index contributed by atoms with van der Waals surface area (Å²) in [5, 5.41) is 14.4. The van der Waals surface area contributed by atoms with E-state index in [-0.39, 0.29) is 19.7 Å². The van der Waals surface area contributed by atoms with Crippen LogP contribution in [0.3, 0.4) is 0 Å². The molecule has 0 saturated heterocycles. The number of hydrogen-bond donors (Lipinski definition) is 3. The van der Waals surface area contributed by atoms with Crippen molar-refractivity contribution in [3.8, 4) is 5.75 Å². The van der Waals surface area contributed by atoms with E-state index < -0.39 is 27.3 Å². The predicted octanol–water partition coefficient (Wildman–Crippen LogP) is 2.13. The first-order chi connectivity index (χ1) is 13.3. The number of para-hydroxylation sites is 1. The number of anilines is 2. The summed E-state index contributed by atoms with van der Waals surface area (Å²) in [4.78, 5) is 15.3. The molecule has 3 rings (SSSR count). The first-order valence-corrected chi connectivity index (χ1v) is 9.59. The molecule has 2 aromatic carbocycles. The zero-order valence-electron chi connectivity index (χ0n) is 14.0. The number of thiocarbonyl (C=S) groups is 1. The van der Waals surface area contributed by atoms with Gasteiger partial charge in [0.05, 0.1) is 11.1 Å². The van der Waals surface area contributed by atoms with E-state index in [0.717, 1.165) is 24.3 Å². The first-order valence-electron chi connectivity index (χ1n) is 7.74. The smallest absolute Gasteiger partial charge is 0.363 e. The van der Waals surface area contributed by atoms with Crippen molar-refractivity contribution in [3.05, 3.63) is 77.1 Å². The minimum absolute atomic E-state index is 0.0314. The summed E-state index contributed by atoms with van der Waals surface area (Å²) in [6.07, 6.45) is 0.505. The third-order valence-electron chi connectivity index (χ3n) is 3.51. The average molecular weight is 420 g/mol. The number of nitrogens with zero attached hydrogens (tertiary/aromatic N) is 2. The molecule has 1 heterocycles. The predicted molar refractivity (Wildman–Crippen MR) is 105 cm³/mol. The fourth-order valence-corrected chi connectivity index (χ4v) is 3.60. The van der Waals surface area contributed by atoms with Gasteiger partial charge in [-0.1, -0.05) is 18.2 Å². The summed E-state index contributed by atoms with van der Waals surface area (Å²) in [5.41, 5.74) is -0.594. The Bertz CT molecular complexity index is 1180. The summed E-state index contributed by atoms with van der Waals surface area (Å²) in [6.45, 7) is 0. The Hall–Kier alpha value is -3.31. The summed E-state index contributed by atoms with van der Waals surface area (Å²) in [7, 11) is -4.39. The summed E-state index contributed by atoms with van der Waals surface area (Å²) >= 11 is 5.04. The van der Waals surface area contributed by atoms with Gasteiger partial charge in [-0.2, -0.15) is 8.96 Å². The van der Waals surface area contributed by atoms with Gasteiger partial charge in [0.1, 0.15) is 5.75 Å². The highest BCUT2D eigenvalue weighted by Gasteiger charge is 2.21. The second-order valence-corrected chi connectivity index (χ2v) is 7.68. The van der Waals surface area contributed by atoms with Gasteiger partial charge < -0.3 is 15.7 Å². The lowest BCUT2D eigenvalue weighted by Crippen LogP contribution is -2.32. The number of halogens is 1. The highest BCUT2D eigenvalue weighted by atomic mass is 32.2. The molecule has 0 aliphatic rings. The SMILES string of the molecule is O=c1nc(NC(=S)Nc2ccccc2)c(F)cn1S(=O)(=O)c1ccc(O)cc1. The fourth-order valence-electron chi connectivity index (χ4n) is 2.20. The Morgan fingerprint density at radius 3 is 2.36 bits per heavy atom. The van der Waals surface area contributed by atoms with E-state index in [9.17, 15) is 22.7 Å². The standard InChI is InChI=1S/C17H13FN4O4S2/c18-14-10-22(28(25,26)13-8-6-12(23)7-9-13)17(24)21-15(14)20-16(27)19-11-4-2-1-3-5-11/h1-10,23H,(H2,19,20,21,24,27). The maximum atomic E-state index is 14.4. The molecule has 0 spiro atoms. The quantitative estimate of drug-likeness (QED) is 0.550. The van der Waals surface area contributed by atoms with Crippen LogP contribution in [0.25, 0.3) is 0 Å². The van der Waals surface area contributed by atoms with Crippen LogP contribution in [-0.4, -0.2) is 27.6 Å². The monoisotopic (exact) mass is 420 g/mol. The van der Waals surface area contributed by atoms with Gasteiger partial charge in [-0.05, 0) is 48.6 Å². The highest BCUT2D eigenvalue weighted by Crippen LogP contribution is 2.17. The third-order valence-corrected chi connectivity index (χ3v) is 5.36. The highest BCUT2D eigenvalue weighted by molar-refractivity contribution is 7.90. The molecule has 0 saturated carbocycles. The maximum absolute atomic E-state index is 14.4. The Labute approximate surface area is 164 Å². The molecule has 0 aliphatic heterocycles. The van der Waals surface area contributed by atoms with Crippen LogP contribution in [0.15, 0.2) is 70.5 Å². The topological polar surface area (TPSA) is 113 Å². The number of benzene rings is 2. The fraction of sp³-hybridized carbons (Fsp3) is 0. The van der Waals surface area contributed by atoms with E-state index in [2.05, 4.69) is 15.6 Å². The molecule has 28 heavy (non-hydrogen) atoms. The molecule has 0 bridgehead atoms. The van der Waals surface area contributed by atoms with Crippen LogP contribution in [-0.2, 0) is 10.0 Å². The molecule has 3 aromatic rings. The van der Waals surface area contributed by atoms with Crippen LogP contribution < -0.4 is 16.3 Å². The molecule has 0 atom stereocenters. The average Bonchev–Trinajstić information content (AvgIpc) is 2.65. The van der Waals surface area contributed by atoms with Crippen LogP contribution in [0.5, 0.6) is 5.75 Å². The minimum atomic E-state index is -4.39. The number of hydrogen-bond acceptors (Lipinski definition) is 6. The van der Waals surface area contributed by atoms with Crippen molar-refractivity contribution in [2.24, 2.45) is 0 Å². The molecule has 0 aliphatic carbocycles. The van der Waals surface area contributed by atoms with Crippen molar-refractivity contribution < 1.29 is 17.9 Å². The zero-order valence-corrected chi connectivity index (χ0v) is 15.7. The lowest BCUT2D eigenvalue weighted by atomic mass is 10.3. The van der Waals surface area contributed by atoms with Gasteiger partial charge in [-0.3, -0.25) is 0 Å². The van der Waals surface area contributed by atoms with Gasteiger partial charge in [0, 0.05) is 5.69 Å². The third kappa shape index (κ3) is 4.15. The van der Waals surface area contributed by atoms with Gasteiger partial charge in [0.2, 0.25) is 0 Å². The zero-order chi connectivity index (χ0) is 20.3. The number of phenols is 1. The Kier molecular flexibility index (Phi) is 5.38. The van der Waals surface area contributed by atoms with Gasteiger partial charge >= 0.3 is 5.69 Å². The van der Waals surface area contributed by atoms with Crippen molar-refractivity contribution in [2.75, 3.05) is 10.6 Å². The van der Waals surface area contributed by atoms with E-state index in [1.54, 1.807) is 30.3 Å². The molecule has 0 amide bonds. The normalized spacial score (nSPS) is 11.0. The van der Waals surface area contributed by atoms with Crippen molar-refractivity contribution in [1.82, 2.24) is 8.96 Å². The molecular formula is C17H13FN4O4S2. The summed E-state index contributed by atoms with van der Waals surface area (Å²) in [6, 6.07) is 13.2. The van der Waals surface area contributed by atoms with Crippen LogP contribution in [0.4, 0.5) is 15.9 Å². The van der Waals surface area contributed by atoms with Crippen molar-refractivity contribution >= 4 is 38.9 Å². The molecule has 8 nitrogen and oxygen atoms in total. The van der Waals surface area contributed by atoms with Crippen molar-refractivity contribution in [1.29, 1.82) is 0 Å². The second-order valence-electron chi connectivity index (χ2n) is 5.46. The van der Waals surface area contributed by atoms with Crippen LogP contribution in [0, 0.1) is 5.82 Å². The maximum Gasteiger partial charge on any atom is 0.363 e. The van der Waals surface area contributed by atoms with Crippen LogP contribution >= 0.6 is 12.2 Å². The van der Waals surface area contributed by atoms with Gasteiger partial charge in [0.15, 0.2) is 16.7 Å². The molecule has 11 heteroatoms. The van der Waals surface area contributed by atoms with Gasteiger partial charge in [-0.25, -0.2) is 17.6 Å². The lowest BCUT2D eigenvalue weighted by molar-refractivity contribution is 0.474. The molecule has 1 aromatic heterocycles.